The Bertz CT molecular complexity index is 203. The molecule has 0 spiro atoms. The lowest BCUT2D eigenvalue weighted by Gasteiger charge is -2.12. The third-order valence-electron chi connectivity index (χ3n) is 1.20. The summed E-state index contributed by atoms with van der Waals surface area (Å²) in [5.41, 5.74) is 0.844. The largest absolute Gasteiger partial charge is 0.258 e. The first-order valence-corrected chi connectivity index (χ1v) is 3.82. The van der Waals surface area contributed by atoms with Crippen molar-refractivity contribution < 1.29 is 4.84 Å². The first kappa shape index (κ1) is 8.37. The first-order chi connectivity index (χ1) is 5.34. The van der Waals surface area contributed by atoms with Crippen molar-refractivity contribution in [3.05, 3.63) is 30.3 Å². The minimum Gasteiger partial charge on any atom is -0.258 e. The summed E-state index contributed by atoms with van der Waals surface area (Å²) in [5.74, 6) is 0. The molecule has 3 heteroatoms. The average Bonchev–Trinajstić information content (AvgIpc) is 2.07. The molecular weight excluding hydrogens is 162 g/mol. The van der Waals surface area contributed by atoms with Crippen molar-refractivity contribution in [2.75, 3.05) is 11.2 Å². The van der Waals surface area contributed by atoms with Crippen LogP contribution in [0.1, 0.15) is 6.92 Å². The highest BCUT2D eigenvalue weighted by atomic mass is 35.5. The van der Waals surface area contributed by atoms with Crippen LogP contribution in [0.2, 0.25) is 0 Å². The van der Waals surface area contributed by atoms with Crippen molar-refractivity contribution in [1.82, 2.24) is 0 Å². The fourth-order valence-corrected chi connectivity index (χ4v) is 0.943. The van der Waals surface area contributed by atoms with Crippen molar-refractivity contribution >= 4 is 17.5 Å². The van der Waals surface area contributed by atoms with Gasteiger partial charge in [-0.15, -0.1) is 0 Å². The van der Waals surface area contributed by atoms with Crippen molar-refractivity contribution in [3.8, 4) is 0 Å². The molecule has 60 valence electrons. The molecule has 0 aliphatic carbocycles. The van der Waals surface area contributed by atoms with Gasteiger partial charge in [-0.25, -0.2) is 0 Å². The maximum absolute atomic E-state index is 5.72. The van der Waals surface area contributed by atoms with Crippen LogP contribution in [0.3, 0.4) is 0 Å². The molecule has 0 saturated heterocycles. The number of anilines is 1. The second-order valence-corrected chi connectivity index (χ2v) is 2.31. The van der Waals surface area contributed by atoms with Crippen LogP contribution in [-0.4, -0.2) is 6.61 Å². The molecule has 0 heterocycles. The Labute approximate surface area is 71.4 Å². The molecule has 0 saturated carbocycles. The Kier molecular flexibility index (Phi) is 3.20. The molecule has 0 fully saturated rings. The molecule has 0 N–H and O–H groups in total. The van der Waals surface area contributed by atoms with Crippen molar-refractivity contribution in [2.45, 2.75) is 6.92 Å². The van der Waals surface area contributed by atoms with Crippen LogP contribution in [0.25, 0.3) is 0 Å². The Morgan fingerprint density at radius 2 is 2.00 bits per heavy atom. The molecule has 2 nitrogen and oxygen atoms in total. The minimum absolute atomic E-state index is 0.568. The summed E-state index contributed by atoms with van der Waals surface area (Å²) in [6, 6.07) is 9.50. The third-order valence-corrected chi connectivity index (χ3v) is 1.49. The smallest absolute Gasteiger partial charge is 0.0827 e. The van der Waals surface area contributed by atoms with Gasteiger partial charge in [0.05, 0.1) is 12.3 Å². The summed E-state index contributed by atoms with van der Waals surface area (Å²) in [4.78, 5) is 5.03. The van der Waals surface area contributed by atoms with Gasteiger partial charge in [0.25, 0.3) is 0 Å². The normalized spacial score (nSPS) is 9.64. The second-order valence-electron chi connectivity index (χ2n) is 2.00. The minimum atomic E-state index is 0.568. The highest BCUT2D eigenvalue weighted by molar-refractivity contribution is 6.24. The number of hydrogen-bond acceptors (Lipinski definition) is 2. The van der Waals surface area contributed by atoms with Gasteiger partial charge in [-0.1, -0.05) is 18.2 Å². The second kappa shape index (κ2) is 4.21. The molecule has 1 aromatic rings. The van der Waals surface area contributed by atoms with E-state index in [1.807, 2.05) is 37.3 Å². The predicted octanol–water partition coefficient (Wildman–Crippen LogP) is 2.60. The molecule has 0 aliphatic rings. The molecule has 0 radical (unpaired) electrons. The van der Waals surface area contributed by atoms with Crippen LogP contribution in [-0.2, 0) is 4.84 Å². The maximum atomic E-state index is 5.72. The van der Waals surface area contributed by atoms with Crippen LogP contribution >= 0.6 is 11.8 Å². The third kappa shape index (κ3) is 2.41. The summed E-state index contributed by atoms with van der Waals surface area (Å²) in [6.45, 7) is 2.46. The molecular formula is C8H10ClNO. The summed E-state index contributed by atoms with van der Waals surface area (Å²) < 4.78 is 1.24. The van der Waals surface area contributed by atoms with E-state index in [9.17, 15) is 0 Å². The molecule has 0 unspecified atom stereocenters. The average molecular weight is 172 g/mol. The van der Waals surface area contributed by atoms with E-state index in [4.69, 9.17) is 16.6 Å². The predicted molar refractivity (Wildman–Crippen MR) is 46.4 cm³/mol. The fourth-order valence-electron chi connectivity index (χ4n) is 0.733. The van der Waals surface area contributed by atoms with Gasteiger partial charge >= 0.3 is 0 Å². The number of hydrogen-bond donors (Lipinski definition) is 0. The van der Waals surface area contributed by atoms with Gasteiger partial charge in [0, 0.05) is 11.8 Å². The lowest BCUT2D eigenvalue weighted by atomic mass is 10.3. The maximum Gasteiger partial charge on any atom is 0.0827 e. The molecule has 11 heavy (non-hydrogen) atoms. The number of rotatable bonds is 3. The zero-order valence-corrected chi connectivity index (χ0v) is 7.08. The molecule has 0 bridgehead atoms. The lowest BCUT2D eigenvalue weighted by molar-refractivity contribution is 0.166. The Morgan fingerprint density at radius 1 is 1.36 bits per heavy atom. The van der Waals surface area contributed by atoms with Gasteiger partial charge in [-0.05, 0) is 19.1 Å². The summed E-state index contributed by atoms with van der Waals surface area (Å²) in [7, 11) is 0. The van der Waals surface area contributed by atoms with Gasteiger partial charge in [0.1, 0.15) is 0 Å². The molecule has 1 aromatic carbocycles. The van der Waals surface area contributed by atoms with Crippen LogP contribution in [0.4, 0.5) is 5.69 Å². The monoisotopic (exact) mass is 171 g/mol. The molecule has 0 aromatic heterocycles. The molecule has 0 aliphatic heterocycles. The van der Waals surface area contributed by atoms with Crippen LogP contribution < -0.4 is 4.58 Å². The zero-order chi connectivity index (χ0) is 8.10. The number of halogens is 1. The fraction of sp³-hybridized carbons (Fsp3) is 0.250. The highest BCUT2D eigenvalue weighted by Crippen LogP contribution is 2.15. The summed E-state index contributed by atoms with van der Waals surface area (Å²) in [6.07, 6.45) is 0. The highest BCUT2D eigenvalue weighted by Gasteiger charge is 1.99. The van der Waals surface area contributed by atoms with Gasteiger partial charge in [-0.2, -0.15) is 4.58 Å². The summed E-state index contributed by atoms with van der Waals surface area (Å²) >= 11 is 5.72. The van der Waals surface area contributed by atoms with E-state index in [2.05, 4.69) is 0 Å². The van der Waals surface area contributed by atoms with Crippen molar-refractivity contribution in [3.63, 3.8) is 0 Å². The topological polar surface area (TPSA) is 12.5 Å². The van der Waals surface area contributed by atoms with Crippen molar-refractivity contribution in [1.29, 1.82) is 0 Å². The summed E-state index contributed by atoms with van der Waals surface area (Å²) in [5, 5.41) is 0. The van der Waals surface area contributed by atoms with E-state index >= 15 is 0 Å². The van der Waals surface area contributed by atoms with E-state index in [-0.39, 0.29) is 0 Å². The SMILES string of the molecule is CCON(Cl)c1ccccc1. The molecule has 0 atom stereocenters. The standard InChI is InChI=1S/C8H10ClNO/c1-2-11-10(9)8-6-4-3-5-7-8/h3-7H,2H2,1H3. The Morgan fingerprint density at radius 3 is 2.55 bits per heavy atom. The van der Waals surface area contributed by atoms with E-state index in [1.165, 1.54) is 4.58 Å². The quantitative estimate of drug-likeness (QED) is 0.512. The van der Waals surface area contributed by atoms with Gasteiger partial charge in [0.2, 0.25) is 0 Å². The Balaban J connectivity index is 2.61. The number of benzene rings is 1. The van der Waals surface area contributed by atoms with Crippen LogP contribution in [0.15, 0.2) is 30.3 Å². The van der Waals surface area contributed by atoms with Gasteiger partial charge in [0.15, 0.2) is 0 Å². The van der Waals surface area contributed by atoms with E-state index < -0.39 is 0 Å². The van der Waals surface area contributed by atoms with E-state index in [0.717, 1.165) is 5.69 Å². The Hall–Kier alpha value is -0.730. The van der Waals surface area contributed by atoms with E-state index in [1.54, 1.807) is 0 Å². The molecule has 0 amide bonds. The van der Waals surface area contributed by atoms with Gasteiger partial charge in [-0.3, -0.25) is 4.84 Å². The first-order valence-electron chi connectivity index (χ1n) is 3.48. The van der Waals surface area contributed by atoms with Crippen LogP contribution in [0, 0.1) is 0 Å². The molecule has 1 rings (SSSR count). The van der Waals surface area contributed by atoms with Crippen molar-refractivity contribution in [2.24, 2.45) is 0 Å². The van der Waals surface area contributed by atoms with E-state index in [0.29, 0.717) is 6.61 Å². The number of para-hydroxylation sites is 1. The van der Waals surface area contributed by atoms with Gasteiger partial charge < -0.3 is 0 Å². The number of nitrogens with zero attached hydrogens (tertiary/aromatic N) is 1. The lowest BCUT2D eigenvalue weighted by Crippen LogP contribution is -2.10. The van der Waals surface area contributed by atoms with Crippen LogP contribution in [0.5, 0.6) is 0 Å². The zero-order valence-electron chi connectivity index (χ0n) is 6.33.